The first-order valence-corrected chi connectivity index (χ1v) is 5.36. The van der Waals surface area contributed by atoms with Gasteiger partial charge in [0, 0.05) is 10.0 Å². The number of rotatable bonds is 1. The first-order valence-electron chi connectivity index (χ1n) is 4.18. The van der Waals surface area contributed by atoms with Crippen LogP contribution in [0.15, 0.2) is 39.2 Å². The van der Waals surface area contributed by atoms with Crippen LogP contribution in [0.4, 0.5) is 0 Å². The Balaban J connectivity index is 2.52. The molecule has 1 aromatic heterocycles. The summed E-state index contributed by atoms with van der Waals surface area (Å²) < 4.78 is 6.46. The fourth-order valence-electron chi connectivity index (χ4n) is 1.27. The van der Waals surface area contributed by atoms with Gasteiger partial charge in [0.15, 0.2) is 0 Å². The summed E-state index contributed by atoms with van der Waals surface area (Å²) in [5.74, 6) is 1.69. The van der Waals surface area contributed by atoms with Crippen LogP contribution in [-0.2, 0) is 0 Å². The van der Waals surface area contributed by atoms with Gasteiger partial charge in [-0.1, -0.05) is 27.5 Å². The maximum absolute atomic E-state index is 6.08. The average Bonchev–Trinajstić information content (AvgIpc) is 2.51. The van der Waals surface area contributed by atoms with Crippen LogP contribution in [0.25, 0.3) is 11.3 Å². The van der Waals surface area contributed by atoms with E-state index in [9.17, 15) is 0 Å². The summed E-state index contributed by atoms with van der Waals surface area (Å²) in [4.78, 5) is 0. The predicted octanol–water partition coefficient (Wildman–Crippen LogP) is 4.67. The van der Waals surface area contributed by atoms with E-state index in [-0.39, 0.29) is 0 Å². The second kappa shape index (κ2) is 3.79. The van der Waals surface area contributed by atoms with Crippen LogP contribution in [-0.4, -0.2) is 0 Å². The Hall–Kier alpha value is -0.730. The molecule has 1 heterocycles. The second-order valence-electron chi connectivity index (χ2n) is 3.03. The highest BCUT2D eigenvalue weighted by Crippen LogP contribution is 2.31. The minimum absolute atomic E-state index is 0.689. The van der Waals surface area contributed by atoms with E-state index in [1.54, 1.807) is 0 Å². The largest absolute Gasteiger partial charge is 0.461 e. The minimum Gasteiger partial charge on any atom is -0.461 e. The van der Waals surface area contributed by atoms with Crippen molar-refractivity contribution in [1.29, 1.82) is 0 Å². The monoisotopic (exact) mass is 270 g/mol. The molecule has 0 aliphatic rings. The molecule has 0 aliphatic heterocycles. The third-order valence-electron chi connectivity index (χ3n) is 1.94. The molecule has 0 saturated carbocycles. The third-order valence-corrected chi connectivity index (χ3v) is 2.74. The Morgan fingerprint density at radius 3 is 2.57 bits per heavy atom. The molecular weight excluding hydrogens is 263 g/mol. The smallest absolute Gasteiger partial charge is 0.135 e. The summed E-state index contributed by atoms with van der Waals surface area (Å²) in [6.45, 7) is 1.91. The minimum atomic E-state index is 0.689. The average molecular weight is 272 g/mol. The van der Waals surface area contributed by atoms with Gasteiger partial charge in [0.25, 0.3) is 0 Å². The van der Waals surface area contributed by atoms with E-state index in [1.165, 1.54) is 0 Å². The summed E-state index contributed by atoms with van der Waals surface area (Å²) >= 11 is 9.44. The zero-order valence-electron chi connectivity index (χ0n) is 7.55. The molecule has 3 heteroatoms. The van der Waals surface area contributed by atoms with Crippen LogP contribution in [0, 0.1) is 6.92 Å². The quantitative estimate of drug-likeness (QED) is 0.734. The van der Waals surface area contributed by atoms with Crippen LogP contribution in [0.1, 0.15) is 5.76 Å². The molecule has 1 nitrogen and oxygen atoms in total. The lowest BCUT2D eigenvalue weighted by molar-refractivity contribution is 0.548. The molecule has 0 aliphatic carbocycles. The molecule has 0 saturated heterocycles. The van der Waals surface area contributed by atoms with Gasteiger partial charge < -0.3 is 4.42 Å². The van der Waals surface area contributed by atoms with Crippen molar-refractivity contribution in [1.82, 2.24) is 0 Å². The molecule has 0 bridgehead atoms. The van der Waals surface area contributed by atoms with Gasteiger partial charge in [-0.15, -0.1) is 0 Å². The molecule has 0 amide bonds. The van der Waals surface area contributed by atoms with Gasteiger partial charge in [0.05, 0.1) is 5.02 Å². The predicted molar refractivity (Wildman–Crippen MR) is 61.6 cm³/mol. The Morgan fingerprint density at radius 2 is 2.00 bits per heavy atom. The van der Waals surface area contributed by atoms with Crippen molar-refractivity contribution in [3.8, 4) is 11.3 Å². The van der Waals surface area contributed by atoms with Crippen LogP contribution in [0.5, 0.6) is 0 Å². The molecule has 2 rings (SSSR count). The van der Waals surface area contributed by atoms with Gasteiger partial charge in [-0.25, -0.2) is 0 Å². The number of furan rings is 1. The van der Waals surface area contributed by atoms with E-state index >= 15 is 0 Å². The first-order chi connectivity index (χ1) is 6.66. The van der Waals surface area contributed by atoms with Crippen molar-refractivity contribution in [2.24, 2.45) is 0 Å². The normalized spacial score (nSPS) is 10.5. The van der Waals surface area contributed by atoms with Crippen molar-refractivity contribution in [3.05, 3.63) is 45.6 Å². The number of hydrogen-bond donors (Lipinski definition) is 0. The van der Waals surface area contributed by atoms with E-state index in [1.807, 2.05) is 37.3 Å². The molecule has 72 valence electrons. The van der Waals surface area contributed by atoms with Gasteiger partial charge in [-0.05, 0) is 37.3 Å². The van der Waals surface area contributed by atoms with Crippen molar-refractivity contribution in [2.75, 3.05) is 0 Å². The summed E-state index contributed by atoms with van der Waals surface area (Å²) in [5, 5.41) is 0.689. The lowest BCUT2D eigenvalue weighted by Crippen LogP contribution is -1.76. The molecule has 0 atom stereocenters. The SMILES string of the molecule is Cc1ccc(-c2ccc(Br)cc2Cl)o1. The van der Waals surface area contributed by atoms with E-state index in [0.717, 1.165) is 21.6 Å². The standard InChI is InChI=1S/C11H8BrClO/c1-7-2-5-11(14-7)9-4-3-8(12)6-10(9)13/h2-6H,1H3. The molecule has 0 fully saturated rings. The lowest BCUT2D eigenvalue weighted by atomic mass is 10.2. The van der Waals surface area contributed by atoms with Crippen LogP contribution < -0.4 is 0 Å². The third kappa shape index (κ3) is 1.86. The van der Waals surface area contributed by atoms with Crippen molar-refractivity contribution in [3.63, 3.8) is 0 Å². The Labute approximate surface area is 95.8 Å². The molecule has 14 heavy (non-hydrogen) atoms. The van der Waals surface area contributed by atoms with E-state index < -0.39 is 0 Å². The number of halogens is 2. The zero-order chi connectivity index (χ0) is 10.1. The van der Waals surface area contributed by atoms with E-state index in [4.69, 9.17) is 16.0 Å². The Kier molecular flexibility index (Phi) is 2.66. The van der Waals surface area contributed by atoms with Gasteiger partial charge >= 0.3 is 0 Å². The highest BCUT2D eigenvalue weighted by atomic mass is 79.9. The highest BCUT2D eigenvalue weighted by Gasteiger charge is 2.07. The first kappa shape index (κ1) is 9.81. The Bertz CT molecular complexity index is 462. The maximum atomic E-state index is 6.08. The van der Waals surface area contributed by atoms with Crippen molar-refractivity contribution in [2.45, 2.75) is 6.92 Å². The highest BCUT2D eigenvalue weighted by molar-refractivity contribution is 9.10. The van der Waals surface area contributed by atoms with Gasteiger partial charge in [0.1, 0.15) is 11.5 Å². The van der Waals surface area contributed by atoms with Crippen molar-refractivity contribution >= 4 is 27.5 Å². The number of hydrogen-bond acceptors (Lipinski definition) is 1. The topological polar surface area (TPSA) is 13.1 Å². The van der Waals surface area contributed by atoms with Crippen LogP contribution >= 0.6 is 27.5 Å². The summed E-state index contributed by atoms with van der Waals surface area (Å²) in [7, 11) is 0. The summed E-state index contributed by atoms with van der Waals surface area (Å²) in [5.41, 5.74) is 0.919. The molecule has 0 spiro atoms. The second-order valence-corrected chi connectivity index (χ2v) is 4.36. The molecule has 0 radical (unpaired) electrons. The molecule has 2 aromatic rings. The fourth-order valence-corrected chi connectivity index (χ4v) is 2.04. The molecule has 0 unspecified atom stereocenters. The zero-order valence-corrected chi connectivity index (χ0v) is 9.89. The summed E-state index contributed by atoms with van der Waals surface area (Å²) in [6.07, 6.45) is 0. The molecule has 0 N–H and O–H groups in total. The molecule has 1 aromatic carbocycles. The van der Waals surface area contributed by atoms with E-state index in [2.05, 4.69) is 15.9 Å². The summed E-state index contributed by atoms with van der Waals surface area (Å²) in [6, 6.07) is 9.58. The maximum Gasteiger partial charge on any atom is 0.135 e. The van der Waals surface area contributed by atoms with Crippen LogP contribution in [0.2, 0.25) is 5.02 Å². The van der Waals surface area contributed by atoms with E-state index in [0.29, 0.717) is 5.02 Å². The Morgan fingerprint density at radius 1 is 1.21 bits per heavy atom. The van der Waals surface area contributed by atoms with Crippen molar-refractivity contribution < 1.29 is 4.42 Å². The molecular formula is C11H8BrClO. The van der Waals surface area contributed by atoms with Crippen LogP contribution in [0.3, 0.4) is 0 Å². The fraction of sp³-hybridized carbons (Fsp3) is 0.0909. The lowest BCUT2D eigenvalue weighted by Gasteiger charge is -2.00. The number of benzene rings is 1. The van der Waals surface area contributed by atoms with Gasteiger partial charge in [-0.2, -0.15) is 0 Å². The number of aryl methyl sites for hydroxylation is 1. The van der Waals surface area contributed by atoms with Gasteiger partial charge in [-0.3, -0.25) is 0 Å². The van der Waals surface area contributed by atoms with Gasteiger partial charge in [0.2, 0.25) is 0 Å².